The van der Waals surface area contributed by atoms with Crippen LogP contribution in [0.4, 0.5) is 5.00 Å². The standard InChI is InChI=1S/C29H32N4O3S3/c1-5-12-33-26(22-15-37-23-9-7-6-8-19(22)23)31-32-29(33)39-16-24(34)30-27-25(28(35)36-4)21(14-38-27)20-13-17(2)10-11-18(20)3/h10-11,13-15H,5-9,12,16H2,1-4H3,(H,30,34). The molecule has 204 valence electrons. The normalized spacial score (nSPS) is 12.8. The highest BCUT2D eigenvalue weighted by Crippen LogP contribution is 2.39. The molecule has 0 spiro atoms. The molecule has 3 heterocycles. The van der Waals surface area contributed by atoms with Gasteiger partial charge in [0, 0.05) is 33.3 Å². The third kappa shape index (κ3) is 5.69. The monoisotopic (exact) mass is 580 g/mol. The SMILES string of the molecule is CCCn1c(SCC(=O)Nc2scc(-c3cc(C)ccc3C)c2C(=O)OC)nnc1-c1csc2c1CCCC2. The summed E-state index contributed by atoms with van der Waals surface area (Å²) >= 11 is 4.52. The van der Waals surface area contributed by atoms with Gasteiger partial charge in [-0.25, -0.2) is 4.79 Å². The number of ether oxygens (including phenoxy) is 1. The van der Waals surface area contributed by atoms with Crippen LogP contribution in [0.2, 0.25) is 0 Å². The molecule has 4 aromatic rings. The van der Waals surface area contributed by atoms with Gasteiger partial charge < -0.3 is 14.6 Å². The number of fused-ring (bicyclic) bond motifs is 1. The van der Waals surface area contributed by atoms with E-state index in [0.29, 0.717) is 10.6 Å². The first-order chi connectivity index (χ1) is 18.9. The van der Waals surface area contributed by atoms with Crippen LogP contribution in [0.25, 0.3) is 22.5 Å². The number of carbonyl (C=O) groups is 2. The molecule has 0 aliphatic heterocycles. The van der Waals surface area contributed by atoms with Crippen LogP contribution in [0.15, 0.2) is 34.1 Å². The second kappa shape index (κ2) is 12.1. The van der Waals surface area contributed by atoms with Gasteiger partial charge in [-0.3, -0.25) is 4.79 Å². The summed E-state index contributed by atoms with van der Waals surface area (Å²) in [6.07, 6.45) is 5.63. The number of nitrogens with zero attached hydrogens (tertiary/aromatic N) is 3. The van der Waals surface area contributed by atoms with E-state index in [1.54, 1.807) is 0 Å². The van der Waals surface area contributed by atoms with E-state index in [0.717, 1.165) is 59.0 Å². The Bertz CT molecular complexity index is 1520. The van der Waals surface area contributed by atoms with Crippen LogP contribution in [0.3, 0.4) is 0 Å². The highest BCUT2D eigenvalue weighted by Gasteiger charge is 2.25. The summed E-state index contributed by atoms with van der Waals surface area (Å²) in [7, 11) is 1.36. The van der Waals surface area contributed by atoms with Crippen LogP contribution in [0, 0.1) is 13.8 Å². The number of esters is 1. The first-order valence-corrected chi connectivity index (χ1v) is 15.9. The number of benzene rings is 1. The molecule has 1 aromatic carbocycles. The lowest BCUT2D eigenvalue weighted by molar-refractivity contribution is -0.113. The van der Waals surface area contributed by atoms with Gasteiger partial charge >= 0.3 is 5.97 Å². The number of methoxy groups -OCH3 is 1. The number of thiophene rings is 2. The number of nitrogens with one attached hydrogen (secondary N) is 1. The molecule has 1 aliphatic rings. The van der Waals surface area contributed by atoms with Crippen LogP contribution in [0.1, 0.15) is 58.1 Å². The molecule has 3 aromatic heterocycles. The molecule has 5 rings (SSSR count). The Labute approximate surface area is 241 Å². The molecule has 0 atom stereocenters. The lowest BCUT2D eigenvalue weighted by atomic mass is 9.95. The average molecular weight is 581 g/mol. The van der Waals surface area contributed by atoms with E-state index in [-0.39, 0.29) is 11.7 Å². The summed E-state index contributed by atoms with van der Waals surface area (Å²) < 4.78 is 7.23. The number of hydrogen-bond acceptors (Lipinski definition) is 8. The van der Waals surface area contributed by atoms with Gasteiger partial charge in [-0.2, -0.15) is 0 Å². The molecule has 0 unspecified atom stereocenters. The van der Waals surface area contributed by atoms with Crippen molar-refractivity contribution < 1.29 is 14.3 Å². The van der Waals surface area contributed by atoms with Crippen molar-refractivity contribution in [2.45, 2.75) is 64.6 Å². The molecular weight excluding hydrogens is 549 g/mol. The third-order valence-electron chi connectivity index (χ3n) is 6.92. The van der Waals surface area contributed by atoms with E-state index >= 15 is 0 Å². The summed E-state index contributed by atoms with van der Waals surface area (Å²) in [6.45, 7) is 6.94. The number of carbonyl (C=O) groups excluding carboxylic acids is 2. The van der Waals surface area contributed by atoms with E-state index < -0.39 is 5.97 Å². The van der Waals surface area contributed by atoms with E-state index in [1.165, 1.54) is 59.1 Å². The van der Waals surface area contributed by atoms with Crippen molar-refractivity contribution in [1.29, 1.82) is 0 Å². The van der Waals surface area contributed by atoms with E-state index in [1.807, 2.05) is 48.8 Å². The van der Waals surface area contributed by atoms with Crippen LogP contribution in [0.5, 0.6) is 0 Å². The first kappa shape index (κ1) is 27.6. The quantitative estimate of drug-likeness (QED) is 0.167. The van der Waals surface area contributed by atoms with Crippen LogP contribution in [-0.4, -0.2) is 39.5 Å². The van der Waals surface area contributed by atoms with Crippen molar-refractivity contribution in [2.75, 3.05) is 18.2 Å². The van der Waals surface area contributed by atoms with Crippen molar-refractivity contribution in [2.24, 2.45) is 0 Å². The van der Waals surface area contributed by atoms with E-state index in [9.17, 15) is 9.59 Å². The van der Waals surface area contributed by atoms with Gasteiger partial charge in [0.2, 0.25) is 5.91 Å². The Morgan fingerprint density at radius 3 is 2.67 bits per heavy atom. The molecule has 39 heavy (non-hydrogen) atoms. The lowest BCUT2D eigenvalue weighted by Crippen LogP contribution is -2.16. The van der Waals surface area contributed by atoms with Gasteiger partial charge in [-0.05, 0) is 62.6 Å². The van der Waals surface area contributed by atoms with Gasteiger partial charge in [0.1, 0.15) is 10.6 Å². The fraction of sp³-hybridized carbons (Fsp3) is 0.379. The van der Waals surface area contributed by atoms with Crippen molar-refractivity contribution in [1.82, 2.24) is 14.8 Å². The molecule has 0 saturated carbocycles. The Balaban J connectivity index is 1.35. The number of hydrogen-bond donors (Lipinski definition) is 1. The topological polar surface area (TPSA) is 86.1 Å². The second-order valence-electron chi connectivity index (χ2n) is 9.72. The average Bonchev–Trinajstić information content (AvgIpc) is 3.65. The van der Waals surface area contributed by atoms with Crippen molar-refractivity contribution in [3.63, 3.8) is 0 Å². The van der Waals surface area contributed by atoms with Crippen LogP contribution < -0.4 is 5.32 Å². The summed E-state index contributed by atoms with van der Waals surface area (Å²) in [5.41, 5.74) is 6.85. The molecule has 0 radical (unpaired) electrons. The van der Waals surface area contributed by atoms with Gasteiger partial charge in [0.25, 0.3) is 0 Å². The predicted octanol–water partition coefficient (Wildman–Crippen LogP) is 7.16. The maximum atomic E-state index is 13.1. The number of aromatic nitrogens is 3. The van der Waals surface area contributed by atoms with Crippen LogP contribution in [-0.2, 0) is 28.9 Å². The number of aryl methyl sites for hydroxylation is 3. The fourth-order valence-corrected chi connectivity index (χ4v) is 7.83. The summed E-state index contributed by atoms with van der Waals surface area (Å²) in [5.74, 6) is 0.367. The van der Waals surface area contributed by atoms with Crippen LogP contribution >= 0.6 is 34.4 Å². The molecule has 1 N–H and O–H groups in total. The molecule has 0 fully saturated rings. The molecule has 1 aliphatic carbocycles. The van der Waals surface area contributed by atoms with Crippen molar-refractivity contribution in [3.8, 4) is 22.5 Å². The lowest BCUT2D eigenvalue weighted by Gasteiger charge is -2.13. The van der Waals surface area contributed by atoms with E-state index in [2.05, 4.69) is 32.4 Å². The minimum atomic E-state index is -0.471. The van der Waals surface area contributed by atoms with Gasteiger partial charge in [0.15, 0.2) is 11.0 Å². The zero-order valence-electron chi connectivity index (χ0n) is 22.6. The smallest absolute Gasteiger partial charge is 0.341 e. The Hall–Kier alpha value is -2.95. The van der Waals surface area contributed by atoms with E-state index in [4.69, 9.17) is 4.74 Å². The van der Waals surface area contributed by atoms with Gasteiger partial charge in [-0.1, -0.05) is 42.4 Å². The Kier molecular flexibility index (Phi) is 8.54. The maximum Gasteiger partial charge on any atom is 0.341 e. The van der Waals surface area contributed by atoms with Crippen molar-refractivity contribution >= 4 is 51.3 Å². The molecule has 1 amide bonds. The van der Waals surface area contributed by atoms with Crippen molar-refractivity contribution in [3.05, 3.63) is 56.1 Å². The molecule has 0 bridgehead atoms. The second-order valence-corrected chi connectivity index (χ2v) is 12.5. The van der Waals surface area contributed by atoms with Gasteiger partial charge in [0.05, 0.1) is 12.9 Å². The fourth-order valence-electron chi connectivity index (χ4n) is 4.97. The minimum absolute atomic E-state index is 0.154. The molecule has 10 heteroatoms. The molecule has 0 saturated heterocycles. The summed E-state index contributed by atoms with van der Waals surface area (Å²) in [6, 6.07) is 6.12. The Morgan fingerprint density at radius 1 is 1.08 bits per heavy atom. The number of amides is 1. The first-order valence-electron chi connectivity index (χ1n) is 13.1. The number of anilines is 1. The molecule has 7 nitrogen and oxygen atoms in total. The highest BCUT2D eigenvalue weighted by atomic mass is 32.2. The maximum absolute atomic E-state index is 13.1. The number of rotatable bonds is 9. The predicted molar refractivity (Wildman–Crippen MR) is 160 cm³/mol. The Morgan fingerprint density at radius 2 is 1.87 bits per heavy atom. The third-order valence-corrected chi connectivity index (χ3v) is 9.87. The zero-order valence-corrected chi connectivity index (χ0v) is 25.1. The highest BCUT2D eigenvalue weighted by molar-refractivity contribution is 7.99. The molecular formula is C29H32N4O3S3. The number of thioether (sulfide) groups is 1. The zero-order chi connectivity index (χ0) is 27.5. The summed E-state index contributed by atoms with van der Waals surface area (Å²) in [5, 5.41) is 17.3. The van der Waals surface area contributed by atoms with Gasteiger partial charge in [-0.15, -0.1) is 32.9 Å². The summed E-state index contributed by atoms with van der Waals surface area (Å²) in [4.78, 5) is 27.3. The largest absolute Gasteiger partial charge is 0.465 e. The minimum Gasteiger partial charge on any atom is -0.465 e.